The Labute approximate surface area is 152 Å². The molecule has 0 saturated heterocycles. The van der Waals surface area contributed by atoms with Gasteiger partial charge in [-0.1, -0.05) is 30.3 Å². The van der Waals surface area contributed by atoms with Crippen molar-refractivity contribution in [1.82, 2.24) is 5.32 Å². The Morgan fingerprint density at radius 1 is 1.12 bits per heavy atom. The third kappa shape index (κ3) is 4.86. The Morgan fingerprint density at radius 2 is 1.77 bits per heavy atom. The largest absolute Gasteiger partial charge is 0.493 e. The maximum absolute atomic E-state index is 12.5. The van der Waals surface area contributed by atoms with E-state index in [-0.39, 0.29) is 11.8 Å². The van der Waals surface area contributed by atoms with Gasteiger partial charge in [0, 0.05) is 6.54 Å². The summed E-state index contributed by atoms with van der Waals surface area (Å²) in [5.41, 5.74) is 0.779. The summed E-state index contributed by atoms with van der Waals surface area (Å²) in [7, 11) is 1.53. The monoisotopic (exact) mass is 354 g/mol. The Hall–Kier alpha value is -3.28. The van der Waals surface area contributed by atoms with E-state index >= 15 is 0 Å². The number of methoxy groups -OCH3 is 1. The highest BCUT2D eigenvalue weighted by Crippen LogP contribution is 2.27. The minimum atomic E-state index is -0.782. The second kappa shape index (κ2) is 9.27. The van der Waals surface area contributed by atoms with Crippen LogP contribution in [0.2, 0.25) is 0 Å². The molecule has 6 nitrogen and oxygen atoms in total. The van der Waals surface area contributed by atoms with E-state index in [0.717, 1.165) is 0 Å². The smallest absolute Gasteiger partial charge is 0.265 e. The molecular formula is C20H22N2O4. The van der Waals surface area contributed by atoms with E-state index in [0.29, 0.717) is 29.3 Å². The van der Waals surface area contributed by atoms with Gasteiger partial charge in [0.05, 0.1) is 18.4 Å². The van der Waals surface area contributed by atoms with Crippen LogP contribution in [0.3, 0.4) is 0 Å². The maximum Gasteiger partial charge on any atom is 0.265 e. The summed E-state index contributed by atoms with van der Waals surface area (Å²) < 4.78 is 10.9. The highest BCUT2D eigenvalue weighted by atomic mass is 16.5. The molecular weight excluding hydrogens is 332 g/mol. The summed E-state index contributed by atoms with van der Waals surface area (Å²) in [6, 6.07) is 13.9. The molecule has 2 aromatic rings. The van der Waals surface area contributed by atoms with Crippen LogP contribution in [0, 0.1) is 0 Å². The number of hydrogen-bond donors (Lipinski definition) is 2. The van der Waals surface area contributed by atoms with Crippen LogP contribution in [0.1, 0.15) is 17.3 Å². The first kappa shape index (κ1) is 19.1. The van der Waals surface area contributed by atoms with Gasteiger partial charge < -0.3 is 20.1 Å². The number of amides is 2. The van der Waals surface area contributed by atoms with E-state index in [1.165, 1.54) is 7.11 Å². The minimum Gasteiger partial charge on any atom is -0.493 e. The van der Waals surface area contributed by atoms with E-state index in [1.54, 1.807) is 55.5 Å². The van der Waals surface area contributed by atoms with Gasteiger partial charge in [-0.05, 0) is 31.2 Å². The molecule has 1 atom stereocenters. The normalized spacial score (nSPS) is 11.2. The Balaban J connectivity index is 2.09. The first-order valence-electron chi connectivity index (χ1n) is 8.15. The molecule has 0 saturated carbocycles. The van der Waals surface area contributed by atoms with E-state index < -0.39 is 6.10 Å². The molecule has 2 N–H and O–H groups in total. The van der Waals surface area contributed by atoms with Crippen molar-refractivity contribution in [2.75, 3.05) is 19.0 Å². The number of hydrogen-bond acceptors (Lipinski definition) is 4. The van der Waals surface area contributed by atoms with Gasteiger partial charge in [0.1, 0.15) is 0 Å². The zero-order valence-electron chi connectivity index (χ0n) is 14.8. The van der Waals surface area contributed by atoms with Crippen LogP contribution in [0.25, 0.3) is 0 Å². The molecule has 2 rings (SSSR count). The van der Waals surface area contributed by atoms with Crippen LogP contribution >= 0.6 is 0 Å². The number of rotatable bonds is 8. The van der Waals surface area contributed by atoms with Crippen molar-refractivity contribution < 1.29 is 19.1 Å². The molecule has 2 aromatic carbocycles. The van der Waals surface area contributed by atoms with Crippen molar-refractivity contribution in [3.63, 3.8) is 0 Å². The number of anilines is 1. The van der Waals surface area contributed by atoms with Gasteiger partial charge >= 0.3 is 0 Å². The van der Waals surface area contributed by atoms with Crippen molar-refractivity contribution in [3.05, 3.63) is 66.7 Å². The zero-order valence-corrected chi connectivity index (χ0v) is 14.8. The van der Waals surface area contributed by atoms with Gasteiger partial charge in [-0.3, -0.25) is 9.59 Å². The lowest BCUT2D eigenvalue weighted by Gasteiger charge is -2.17. The van der Waals surface area contributed by atoms with Gasteiger partial charge in [0.2, 0.25) is 0 Å². The van der Waals surface area contributed by atoms with Gasteiger partial charge in [-0.25, -0.2) is 0 Å². The number of para-hydroxylation sites is 3. The predicted molar refractivity (Wildman–Crippen MR) is 101 cm³/mol. The SMILES string of the molecule is C=CCNC(=O)c1ccccc1NC(=O)C(C)Oc1ccccc1OC. The van der Waals surface area contributed by atoms with Gasteiger partial charge in [-0.15, -0.1) is 6.58 Å². The lowest BCUT2D eigenvalue weighted by atomic mass is 10.1. The zero-order chi connectivity index (χ0) is 18.9. The van der Waals surface area contributed by atoms with Crippen LogP contribution in [0.15, 0.2) is 61.2 Å². The fourth-order valence-electron chi connectivity index (χ4n) is 2.24. The van der Waals surface area contributed by atoms with Crippen LogP contribution in [0.4, 0.5) is 5.69 Å². The van der Waals surface area contributed by atoms with Crippen molar-refractivity contribution >= 4 is 17.5 Å². The van der Waals surface area contributed by atoms with Crippen LogP contribution in [-0.2, 0) is 4.79 Å². The van der Waals surface area contributed by atoms with Crippen molar-refractivity contribution in [1.29, 1.82) is 0 Å². The number of carbonyl (C=O) groups is 2. The quantitative estimate of drug-likeness (QED) is 0.715. The lowest BCUT2D eigenvalue weighted by Crippen LogP contribution is -2.32. The molecule has 0 aliphatic rings. The molecule has 0 radical (unpaired) electrons. The molecule has 0 spiro atoms. The Morgan fingerprint density at radius 3 is 2.46 bits per heavy atom. The molecule has 0 heterocycles. The standard InChI is InChI=1S/C20H22N2O4/c1-4-13-21-20(24)15-9-5-6-10-16(15)22-19(23)14(2)26-18-12-8-7-11-17(18)25-3/h4-12,14H,1,13H2,2-3H3,(H,21,24)(H,22,23). The third-order valence-electron chi connectivity index (χ3n) is 3.58. The molecule has 136 valence electrons. The molecule has 2 amide bonds. The number of carbonyl (C=O) groups excluding carboxylic acids is 2. The van der Waals surface area contributed by atoms with Crippen LogP contribution < -0.4 is 20.1 Å². The number of nitrogens with one attached hydrogen (secondary N) is 2. The second-order valence-electron chi connectivity index (χ2n) is 5.44. The molecule has 0 aromatic heterocycles. The summed E-state index contributed by atoms with van der Waals surface area (Å²) >= 11 is 0. The van der Waals surface area contributed by atoms with Crippen LogP contribution in [-0.4, -0.2) is 31.6 Å². The summed E-state index contributed by atoms with van der Waals surface area (Å²) in [6.07, 6.45) is 0.804. The van der Waals surface area contributed by atoms with E-state index in [4.69, 9.17) is 9.47 Å². The highest BCUT2D eigenvalue weighted by Gasteiger charge is 2.19. The fourth-order valence-corrected chi connectivity index (χ4v) is 2.24. The summed E-state index contributed by atoms with van der Waals surface area (Å²) in [4.78, 5) is 24.7. The lowest BCUT2D eigenvalue weighted by molar-refractivity contribution is -0.122. The molecule has 0 bridgehead atoms. The highest BCUT2D eigenvalue weighted by molar-refractivity contribution is 6.04. The second-order valence-corrected chi connectivity index (χ2v) is 5.44. The first-order valence-corrected chi connectivity index (χ1v) is 8.15. The minimum absolute atomic E-state index is 0.292. The maximum atomic E-state index is 12.5. The molecule has 6 heteroatoms. The number of benzene rings is 2. The van der Waals surface area contributed by atoms with Crippen molar-refractivity contribution in [2.45, 2.75) is 13.0 Å². The van der Waals surface area contributed by atoms with Crippen molar-refractivity contribution in [3.8, 4) is 11.5 Å². The Kier molecular flexibility index (Phi) is 6.79. The summed E-state index contributed by atoms with van der Waals surface area (Å²) in [6.45, 7) is 5.53. The first-order chi connectivity index (χ1) is 12.6. The third-order valence-corrected chi connectivity index (χ3v) is 3.58. The number of ether oxygens (including phenoxy) is 2. The van der Waals surface area contributed by atoms with Crippen molar-refractivity contribution in [2.24, 2.45) is 0 Å². The molecule has 26 heavy (non-hydrogen) atoms. The predicted octanol–water partition coefficient (Wildman–Crippen LogP) is 3.02. The molecule has 1 unspecified atom stereocenters. The molecule has 0 fully saturated rings. The van der Waals surface area contributed by atoms with Gasteiger partial charge in [0.15, 0.2) is 17.6 Å². The van der Waals surface area contributed by atoms with Crippen LogP contribution in [0.5, 0.6) is 11.5 Å². The van der Waals surface area contributed by atoms with Gasteiger partial charge in [0.25, 0.3) is 11.8 Å². The molecule has 0 aliphatic heterocycles. The fraction of sp³-hybridized carbons (Fsp3) is 0.200. The van der Waals surface area contributed by atoms with Gasteiger partial charge in [-0.2, -0.15) is 0 Å². The average Bonchev–Trinajstić information content (AvgIpc) is 2.66. The molecule has 0 aliphatic carbocycles. The Bertz CT molecular complexity index is 789. The van der Waals surface area contributed by atoms with E-state index in [2.05, 4.69) is 17.2 Å². The van der Waals surface area contributed by atoms with E-state index in [1.807, 2.05) is 6.07 Å². The summed E-state index contributed by atoms with van der Waals surface area (Å²) in [5.74, 6) is 0.338. The average molecular weight is 354 g/mol. The summed E-state index contributed by atoms with van der Waals surface area (Å²) in [5, 5.41) is 5.42. The van der Waals surface area contributed by atoms with E-state index in [9.17, 15) is 9.59 Å². The topological polar surface area (TPSA) is 76.7 Å².